The summed E-state index contributed by atoms with van der Waals surface area (Å²) in [5.74, 6) is -0.789. The molecule has 0 N–H and O–H groups in total. The maximum atomic E-state index is 14.1. The molecular formula is C21H26FNO4S. The van der Waals surface area contributed by atoms with Crippen molar-refractivity contribution in [2.75, 3.05) is 0 Å². The highest BCUT2D eigenvalue weighted by atomic mass is 32.2. The van der Waals surface area contributed by atoms with Gasteiger partial charge in [0, 0.05) is 12.6 Å². The third kappa shape index (κ3) is 5.32. The molecule has 5 nitrogen and oxygen atoms in total. The van der Waals surface area contributed by atoms with E-state index in [0.717, 1.165) is 0 Å². The zero-order valence-electron chi connectivity index (χ0n) is 16.6. The number of rotatable bonds is 8. The standard InChI is InChI=1S/C21H26FNO4S/c1-5-16(4)23(21(24)19-11-6-7-12-20(19)22)14-17-9-8-10-18(13-17)27-28(25,26)15(2)3/h6-13,15-16H,5,14H2,1-4H3/t16-/m1/s1. The van der Waals surface area contributed by atoms with Crippen LogP contribution in [0.2, 0.25) is 0 Å². The maximum absolute atomic E-state index is 14.1. The number of halogens is 1. The van der Waals surface area contributed by atoms with Gasteiger partial charge in [-0.15, -0.1) is 0 Å². The molecule has 28 heavy (non-hydrogen) atoms. The van der Waals surface area contributed by atoms with E-state index in [1.165, 1.54) is 32.0 Å². The second-order valence-electron chi connectivity index (χ2n) is 6.94. The predicted octanol–water partition coefficient (Wildman–Crippen LogP) is 4.38. The van der Waals surface area contributed by atoms with Gasteiger partial charge in [-0.2, -0.15) is 8.42 Å². The van der Waals surface area contributed by atoms with E-state index in [9.17, 15) is 17.6 Å². The van der Waals surface area contributed by atoms with E-state index in [2.05, 4.69) is 0 Å². The van der Waals surface area contributed by atoms with Gasteiger partial charge in [0.05, 0.1) is 10.8 Å². The van der Waals surface area contributed by atoms with Crippen molar-refractivity contribution in [3.63, 3.8) is 0 Å². The molecule has 0 saturated carbocycles. The molecule has 0 heterocycles. The Morgan fingerprint density at radius 1 is 1.11 bits per heavy atom. The molecule has 1 atom stereocenters. The molecule has 0 aromatic heterocycles. The van der Waals surface area contributed by atoms with E-state index in [1.807, 2.05) is 13.8 Å². The number of amides is 1. The fourth-order valence-electron chi connectivity index (χ4n) is 2.56. The Hall–Kier alpha value is -2.41. The van der Waals surface area contributed by atoms with E-state index in [0.29, 0.717) is 12.0 Å². The Bertz CT molecular complexity index is 928. The van der Waals surface area contributed by atoms with Gasteiger partial charge in [-0.25, -0.2) is 4.39 Å². The SMILES string of the molecule is CC[C@@H](C)N(Cc1cccc(OS(=O)(=O)C(C)C)c1)C(=O)c1ccccc1F. The van der Waals surface area contributed by atoms with E-state index < -0.39 is 27.1 Å². The van der Waals surface area contributed by atoms with Crippen LogP contribution in [0.3, 0.4) is 0 Å². The van der Waals surface area contributed by atoms with Crippen molar-refractivity contribution < 1.29 is 21.8 Å². The van der Waals surface area contributed by atoms with Crippen molar-refractivity contribution in [3.05, 3.63) is 65.5 Å². The Morgan fingerprint density at radius 3 is 2.39 bits per heavy atom. The molecular weight excluding hydrogens is 381 g/mol. The molecule has 0 aliphatic rings. The van der Waals surface area contributed by atoms with Crippen molar-refractivity contribution >= 4 is 16.0 Å². The van der Waals surface area contributed by atoms with Gasteiger partial charge in [-0.3, -0.25) is 4.79 Å². The molecule has 2 aromatic carbocycles. The van der Waals surface area contributed by atoms with Gasteiger partial charge in [0.2, 0.25) is 0 Å². The smallest absolute Gasteiger partial charge is 0.311 e. The predicted molar refractivity (Wildman–Crippen MR) is 107 cm³/mol. The Kier molecular flexibility index (Phi) is 7.18. The quantitative estimate of drug-likeness (QED) is 0.609. The van der Waals surface area contributed by atoms with E-state index >= 15 is 0 Å². The lowest BCUT2D eigenvalue weighted by Crippen LogP contribution is -2.38. The topological polar surface area (TPSA) is 63.7 Å². The van der Waals surface area contributed by atoms with Crippen LogP contribution in [-0.2, 0) is 16.7 Å². The number of nitrogens with zero attached hydrogens (tertiary/aromatic N) is 1. The van der Waals surface area contributed by atoms with Crippen LogP contribution < -0.4 is 4.18 Å². The molecule has 0 aliphatic carbocycles. The lowest BCUT2D eigenvalue weighted by atomic mass is 10.1. The zero-order valence-corrected chi connectivity index (χ0v) is 17.4. The average Bonchev–Trinajstić information content (AvgIpc) is 2.65. The number of benzene rings is 2. The van der Waals surface area contributed by atoms with Crippen molar-refractivity contribution in [1.82, 2.24) is 4.90 Å². The highest BCUT2D eigenvalue weighted by Gasteiger charge is 2.24. The molecule has 0 fully saturated rings. The second kappa shape index (κ2) is 9.19. The summed E-state index contributed by atoms with van der Waals surface area (Å²) in [6, 6.07) is 12.3. The maximum Gasteiger partial charge on any atom is 0.311 e. The van der Waals surface area contributed by atoms with Crippen LogP contribution >= 0.6 is 0 Å². The van der Waals surface area contributed by atoms with Gasteiger partial charge < -0.3 is 9.08 Å². The van der Waals surface area contributed by atoms with Gasteiger partial charge in [0.15, 0.2) is 0 Å². The van der Waals surface area contributed by atoms with Crippen LogP contribution in [0.4, 0.5) is 4.39 Å². The van der Waals surface area contributed by atoms with Crippen LogP contribution in [0.5, 0.6) is 5.75 Å². The molecule has 0 radical (unpaired) electrons. The van der Waals surface area contributed by atoms with Crippen LogP contribution in [0.25, 0.3) is 0 Å². The van der Waals surface area contributed by atoms with Gasteiger partial charge in [-0.1, -0.05) is 31.2 Å². The molecule has 2 rings (SSSR count). The van der Waals surface area contributed by atoms with E-state index in [4.69, 9.17) is 4.18 Å². The Balaban J connectivity index is 2.30. The van der Waals surface area contributed by atoms with Gasteiger partial charge >= 0.3 is 10.1 Å². The van der Waals surface area contributed by atoms with Gasteiger partial charge in [0.25, 0.3) is 5.91 Å². The van der Waals surface area contributed by atoms with Crippen molar-refractivity contribution in [1.29, 1.82) is 0 Å². The van der Waals surface area contributed by atoms with E-state index in [1.54, 1.807) is 35.2 Å². The summed E-state index contributed by atoms with van der Waals surface area (Å²) in [6.07, 6.45) is 0.693. The minimum Gasteiger partial charge on any atom is -0.382 e. The Labute approximate surface area is 166 Å². The van der Waals surface area contributed by atoms with Crippen LogP contribution in [-0.4, -0.2) is 30.5 Å². The molecule has 0 bridgehead atoms. The molecule has 0 saturated heterocycles. The lowest BCUT2D eigenvalue weighted by molar-refractivity contribution is 0.0666. The first-order valence-electron chi connectivity index (χ1n) is 9.23. The third-order valence-electron chi connectivity index (χ3n) is 4.53. The van der Waals surface area contributed by atoms with Crippen LogP contribution in [0.15, 0.2) is 48.5 Å². The highest BCUT2D eigenvalue weighted by Crippen LogP contribution is 2.21. The number of carbonyl (C=O) groups excluding carboxylic acids is 1. The lowest BCUT2D eigenvalue weighted by Gasteiger charge is -2.29. The fraction of sp³-hybridized carbons (Fsp3) is 0.381. The summed E-state index contributed by atoms with van der Waals surface area (Å²) in [5, 5.41) is -0.671. The van der Waals surface area contributed by atoms with Crippen molar-refractivity contribution in [3.8, 4) is 5.75 Å². The number of hydrogen-bond acceptors (Lipinski definition) is 4. The molecule has 2 aromatic rings. The molecule has 7 heteroatoms. The third-order valence-corrected chi connectivity index (χ3v) is 6.11. The Morgan fingerprint density at radius 2 is 1.79 bits per heavy atom. The van der Waals surface area contributed by atoms with Crippen molar-refractivity contribution in [2.24, 2.45) is 0 Å². The van der Waals surface area contributed by atoms with Crippen LogP contribution in [0.1, 0.15) is 50.0 Å². The largest absolute Gasteiger partial charge is 0.382 e. The zero-order chi connectivity index (χ0) is 20.9. The first-order chi connectivity index (χ1) is 13.2. The molecule has 152 valence electrons. The monoisotopic (exact) mass is 407 g/mol. The summed E-state index contributed by atoms with van der Waals surface area (Å²) >= 11 is 0. The fourth-order valence-corrected chi connectivity index (χ4v) is 3.12. The van der Waals surface area contributed by atoms with Crippen molar-refractivity contribution in [2.45, 2.75) is 52.0 Å². The first kappa shape index (κ1) is 21.9. The van der Waals surface area contributed by atoms with E-state index in [-0.39, 0.29) is 23.9 Å². The highest BCUT2D eigenvalue weighted by molar-refractivity contribution is 7.87. The normalized spacial score (nSPS) is 12.6. The molecule has 1 amide bonds. The van der Waals surface area contributed by atoms with Crippen LogP contribution in [0, 0.1) is 5.82 Å². The summed E-state index contributed by atoms with van der Waals surface area (Å²) < 4.78 is 43.2. The summed E-state index contributed by atoms with van der Waals surface area (Å²) in [6.45, 7) is 7.12. The second-order valence-corrected chi connectivity index (χ2v) is 9.04. The first-order valence-corrected chi connectivity index (χ1v) is 10.7. The number of hydrogen-bond donors (Lipinski definition) is 0. The minimum atomic E-state index is -3.71. The molecule has 0 aliphatic heterocycles. The molecule has 0 unspecified atom stereocenters. The summed E-state index contributed by atoms with van der Waals surface area (Å²) in [7, 11) is -3.71. The van der Waals surface area contributed by atoms with Gasteiger partial charge in [-0.05, 0) is 57.0 Å². The average molecular weight is 408 g/mol. The summed E-state index contributed by atoms with van der Waals surface area (Å²) in [4.78, 5) is 14.5. The number of carbonyl (C=O) groups is 1. The minimum absolute atomic E-state index is 0.0117. The van der Waals surface area contributed by atoms with Gasteiger partial charge in [0.1, 0.15) is 11.6 Å². The molecule has 0 spiro atoms. The summed E-state index contributed by atoms with van der Waals surface area (Å²) in [5.41, 5.74) is 0.707.